The van der Waals surface area contributed by atoms with E-state index in [2.05, 4.69) is 6.92 Å². The Hall–Kier alpha value is -2.16. The predicted molar refractivity (Wildman–Crippen MR) is 84.1 cm³/mol. The molecule has 0 saturated heterocycles. The Morgan fingerprint density at radius 3 is 2.29 bits per heavy atom. The molecule has 21 heavy (non-hydrogen) atoms. The van der Waals surface area contributed by atoms with E-state index in [-0.39, 0.29) is 11.5 Å². The molecule has 0 atom stereocenters. The lowest BCUT2D eigenvalue weighted by molar-refractivity contribution is 0.396. The van der Waals surface area contributed by atoms with Crippen molar-refractivity contribution in [2.45, 2.75) is 39.0 Å². The third-order valence-electron chi connectivity index (χ3n) is 3.46. The molecule has 0 amide bonds. The highest BCUT2D eigenvalue weighted by Gasteiger charge is 2.15. The highest BCUT2D eigenvalue weighted by molar-refractivity contribution is 5.54. The monoisotopic (exact) mass is 286 g/mol. The molecule has 0 fully saturated rings. The fraction of sp³-hybridized carbons (Fsp3) is 0.333. The third kappa shape index (κ3) is 4.15. The topological polar surface area (TPSA) is 49.7 Å². The van der Waals surface area contributed by atoms with Gasteiger partial charge in [0.2, 0.25) is 0 Å². The predicted octanol–water partition coefficient (Wildman–Crippen LogP) is 5.01. The molecule has 0 aromatic heterocycles. The van der Waals surface area contributed by atoms with Gasteiger partial charge >= 0.3 is 0 Å². The Kier molecular flexibility index (Phi) is 5.50. The first-order valence-corrected chi connectivity index (χ1v) is 7.49. The van der Waals surface area contributed by atoms with Crippen LogP contribution in [0.2, 0.25) is 0 Å². The third-order valence-corrected chi connectivity index (χ3v) is 3.46. The van der Waals surface area contributed by atoms with Gasteiger partial charge in [0, 0.05) is 5.56 Å². The second-order valence-corrected chi connectivity index (χ2v) is 5.14. The summed E-state index contributed by atoms with van der Waals surface area (Å²) in [6, 6.07) is 12.3. The zero-order valence-electron chi connectivity index (χ0n) is 12.4. The van der Waals surface area contributed by atoms with Gasteiger partial charge in [0.1, 0.15) is 11.5 Å². The van der Waals surface area contributed by atoms with Gasteiger partial charge in [-0.05, 0) is 37.1 Å². The maximum Gasteiger partial charge on any atom is 0.175 e. The van der Waals surface area contributed by atoms with Gasteiger partial charge in [0.25, 0.3) is 0 Å². The number of hydrogen-bond acceptors (Lipinski definition) is 3. The van der Waals surface area contributed by atoms with Crippen molar-refractivity contribution in [3.63, 3.8) is 0 Å². The summed E-state index contributed by atoms with van der Waals surface area (Å²) in [5, 5.41) is 20.1. The highest BCUT2D eigenvalue weighted by atomic mass is 16.5. The minimum Gasteiger partial charge on any atom is -0.508 e. The van der Waals surface area contributed by atoms with E-state index in [1.807, 2.05) is 30.3 Å². The Morgan fingerprint density at radius 2 is 1.57 bits per heavy atom. The summed E-state index contributed by atoms with van der Waals surface area (Å²) in [7, 11) is 0. The minimum absolute atomic E-state index is 0.0575. The second kappa shape index (κ2) is 7.58. The molecule has 0 heterocycles. The lowest BCUT2D eigenvalue weighted by Crippen LogP contribution is -1.94. The SMILES string of the molecule is CCCCCCc1c(O)ccc(O)c1Oc1ccccc1. The van der Waals surface area contributed by atoms with E-state index in [0.717, 1.165) is 12.8 Å². The fourth-order valence-corrected chi connectivity index (χ4v) is 2.30. The smallest absolute Gasteiger partial charge is 0.175 e. The van der Waals surface area contributed by atoms with Gasteiger partial charge in [0.15, 0.2) is 11.5 Å². The Bertz CT molecular complexity index is 564. The summed E-state index contributed by atoms with van der Waals surface area (Å²) >= 11 is 0. The lowest BCUT2D eigenvalue weighted by atomic mass is 10.0. The molecule has 0 aliphatic heterocycles. The van der Waals surface area contributed by atoms with Crippen molar-refractivity contribution in [3.8, 4) is 23.0 Å². The maximum absolute atomic E-state index is 10.1. The van der Waals surface area contributed by atoms with Crippen LogP contribution in [0.4, 0.5) is 0 Å². The van der Waals surface area contributed by atoms with Crippen LogP contribution in [0.15, 0.2) is 42.5 Å². The number of benzene rings is 2. The summed E-state index contributed by atoms with van der Waals surface area (Å²) in [6.07, 6.45) is 5.11. The average molecular weight is 286 g/mol. The van der Waals surface area contributed by atoms with Crippen LogP contribution >= 0.6 is 0 Å². The molecule has 0 radical (unpaired) electrons. The summed E-state index contributed by atoms with van der Waals surface area (Å²) in [6.45, 7) is 2.16. The molecular weight excluding hydrogens is 264 g/mol. The molecule has 0 aliphatic rings. The van der Waals surface area contributed by atoms with Gasteiger partial charge in [-0.15, -0.1) is 0 Å². The maximum atomic E-state index is 10.1. The van der Waals surface area contributed by atoms with Crippen LogP contribution in [-0.4, -0.2) is 10.2 Å². The fourth-order valence-electron chi connectivity index (χ4n) is 2.30. The quantitative estimate of drug-likeness (QED) is 0.555. The van der Waals surface area contributed by atoms with E-state index < -0.39 is 0 Å². The van der Waals surface area contributed by atoms with Crippen molar-refractivity contribution in [2.24, 2.45) is 0 Å². The first kappa shape index (κ1) is 15.2. The molecule has 2 rings (SSSR count). The zero-order valence-corrected chi connectivity index (χ0v) is 12.4. The first-order valence-electron chi connectivity index (χ1n) is 7.49. The summed E-state index contributed by atoms with van der Waals surface area (Å²) in [5.41, 5.74) is 0.676. The van der Waals surface area contributed by atoms with E-state index in [0.29, 0.717) is 23.5 Å². The van der Waals surface area contributed by atoms with E-state index in [1.165, 1.54) is 25.0 Å². The molecule has 0 aliphatic carbocycles. The lowest BCUT2D eigenvalue weighted by Gasteiger charge is -2.14. The Morgan fingerprint density at radius 1 is 0.857 bits per heavy atom. The molecule has 3 nitrogen and oxygen atoms in total. The van der Waals surface area contributed by atoms with Crippen LogP contribution in [-0.2, 0) is 6.42 Å². The van der Waals surface area contributed by atoms with Crippen LogP contribution in [0, 0.1) is 0 Å². The van der Waals surface area contributed by atoms with Crippen LogP contribution in [0.1, 0.15) is 38.2 Å². The number of rotatable bonds is 7. The van der Waals surface area contributed by atoms with Crippen molar-refractivity contribution in [1.29, 1.82) is 0 Å². The highest BCUT2D eigenvalue weighted by Crippen LogP contribution is 2.39. The number of phenolic OH excluding ortho intramolecular Hbond substituents is 2. The molecule has 2 aromatic carbocycles. The van der Waals surface area contributed by atoms with Crippen LogP contribution in [0.3, 0.4) is 0 Å². The molecule has 0 unspecified atom stereocenters. The van der Waals surface area contributed by atoms with Crippen LogP contribution in [0.5, 0.6) is 23.0 Å². The molecule has 3 heteroatoms. The van der Waals surface area contributed by atoms with Gasteiger partial charge < -0.3 is 14.9 Å². The molecule has 0 spiro atoms. The van der Waals surface area contributed by atoms with Gasteiger partial charge in [-0.2, -0.15) is 0 Å². The molecule has 0 bridgehead atoms. The Balaban J connectivity index is 2.20. The number of aromatic hydroxyl groups is 2. The van der Waals surface area contributed by atoms with Gasteiger partial charge in [-0.3, -0.25) is 0 Å². The number of para-hydroxylation sites is 1. The van der Waals surface area contributed by atoms with Crippen molar-refractivity contribution in [1.82, 2.24) is 0 Å². The minimum atomic E-state index is 0.0575. The van der Waals surface area contributed by atoms with E-state index in [1.54, 1.807) is 0 Å². The average Bonchev–Trinajstić information content (AvgIpc) is 2.51. The van der Waals surface area contributed by atoms with E-state index in [9.17, 15) is 10.2 Å². The second-order valence-electron chi connectivity index (χ2n) is 5.14. The number of phenols is 2. The summed E-state index contributed by atoms with van der Waals surface area (Å²) < 4.78 is 5.77. The van der Waals surface area contributed by atoms with Crippen LogP contribution < -0.4 is 4.74 Å². The van der Waals surface area contributed by atoms with Crippen LogP contribution in [0.25, 0.3) is 0 Å². The molecule has 112 valence electrons. The normalized spacial score (nSPS) is 10.5. The Labute approximate surface area is 125 Å². The van der Waals surface area contributed by atoms with Gasteiger partial charge in [0.05, 0.1) is 0 Å². The zero-order chi connectivity index (χ0) is 15.1. The van der Waals surface area contributed by atoms with Crippen molar-refractivity contribution >= 4 is 0 Å². The first-order chi connectivity index (χ1) is 10.2. The van der Waals surface area contributed by atoms with E-state index >= 15 is 0 Å². The molecule has 2 N–H and O–H groups in total. The number of ether oxygens (including phenoxy) is 1. The summed E-state index contributed by atoms with van der Waals surface area (Å²) in [5.74, 6) is 1.24. The molecule has 2 aromatic rings. The van der Waals surface area contributed by atoms with Gasteiger partial charge in [-0.25, -0.2) is 0 Å². The molecule has 0 saturated carbocycles. The van der Waals surface area contributed by atoms with Crippen molar-refractivity contribution in [2.75, 3.05) is 0 Å². The van der Waals surface area contributed by atoms with E-state index in [4.69, 9.17) is 4.74 Å². The molecular formula is C18H22O3. The standard InChI is InChI=1S/C18H22O3/c1-2-3-4-8-11-15-16(19)12-13-17(20)18(15)21-14-9-6-5-7-10-14/h5-7,9-10,12-13,19-20H,2-4,8,11H2,1H3. The number of unbranched alkanes of at least 4 members (excludes halogenated alkanes) is 3. The number of hydrogen-bond donors (Lipinski definition) is 2. The summed E-state index contributed by atoms with van der Waals surface area (Å²) in [4.78, 5) is 0. The van der Waals surface area contributed by atoms with Crippen molar-refractivity contribution < 1.29 is 14.9 Å². The van der Waals surface area contributed by atoms with Crippen molar-refractivity contribution in [3.05, 3.63) is 48.0 Å². The van der Waals surface area contributed by atoms with Gasteiger partial charge in [-0.1, -0.05) is 44.4 Å². The largest absolute Gasteiger partial charge is 0.508 e.